The largest absolute Gasteiger partial charge is 0.297 e. The third kappa shape index (κ3) is 1.00. The Hall–Kier alpha value is 0.310. The fraction of sp³-hybridized carbons (Fsp3) is 1.00. The van der Waals surface area contributed by atoms with Gasteiger partial charge in [0.1, 0.15) is 0 Å². The van der Waals surface area contributed by atoms with E-state index in [0.717, 1.165) is 0 Å². The summed E-state index contributed by atoms with van der Waals surface area (Å²) >= 11 is 1.93. The van der Waals surface area contributed by atoms with Crippen molar-refractivity contribution in [1.29, 1.82) is 0 Å². The van der Waals surface area contributed by atoms with Crippen molar-refractivity contribution in [1.82, 2.24) is 4.90 Å². The van der Waals surface area contributed by atoms with Gasteiger partial charge in [-0.25, -0.2) is 0 Å². The van der Waals surface area contributed by atoms with E-state index < -0.39 is 0 Å². The van der Waals surface area contributed by atoms with E-state index in [2.05, 4.69) is 25.1 Å². The maximum absolute atomic E-state index is 2.38. The smallest absolute Gasteiger partial charge is 0.0396 e. The molecule has 2 atom stereocenters. The van der Waals surface area contributed by atoms with E-state index in [-0.39, 0.29) is 0 Å². The highest BCUT2D eigenvalue weighted by Crippen LogP contribution is 2.31. The highest BCUT2D eigenvalue weighted by molar-refractivity contribution is 7.98. The van der Waals surface area contributed by atoms with Crippen LogP contribution in [-0.4, -0.2) is 36.0 Å². The lowest BCUT2D eigenvalue weighted by Gasteiger charge is -2.04. The Labute approximate surface area is 55.4 Å². The van der Waals surface area contributed by atoms with Crippen molar-refractivity contribution in [3.8, 4) is 0 Å². The number of likely N-dealkylation sites (N-methyl/N-ethyl adjacent to an activating group) is 1. The summed E-state index contributed by atoms with van der Waals surface area (Å²) in [5.74, 6) is 1.28. The fourth-order valence-electron chi connectivity index (χ4n) is 0.942. The molecule has 1 nitrogen and oxygen atoms in total. The van der Waals surface area contributed by atoms with E-state index in [0.29, 0.717) is 5.54 Å². The summed E-state index contributed by atoms with van der Waals surface area (Å²) in [6.07, 6.45) is 2.16. The molecule has 2 heteroatoms. The minimum Gasteiger partial charge on any atom is -0.297 e. The van der Waals surface area contributed by atoms with E-state index in [4.69, 9.17) is 0 Å². The minimum absolute atomic E-state index is 0.555. The summed E-state index contributed by atoms with van der Waals surface area (Å²) in [6.45, 7) is 3.59. The molecule has 8 heavy (non-hydrogen) atoms. The van der Waals surface area contributed by atoms with Gasteiger partial charge in [0.2, 0.25) is 0 Å². The molecule has 0 aromatic rings. The van der Waals surface area contributed by atoms with Crippen LogP contribution in [0.25, 0.3) is 0 Å². The van der Waals surface area contributed by atoms with Gasteiger partial charge in [-0.2, -0.15) is 11.8 Å². The normalized spacial score (nSPS) is 44.6. The van der Waals surface area contributed by atoms with Crippen LogP contribution in [0.4, 0.5) is 0 Å². The van der Waals surface area contributed by atoms with Crippen molar-refractivity contribution in [3.63, 3.8) is 0 Å². The molecule has 1 aliphatic heterocycles. The molecule has 1 heterocycles. The maximum atomic E-state index is 2.38. The fourth-order valence-corrected chi connectivity index (χ4v) is 1.88. The van der Waals surface area contributed by atoms with Crippen molar-refractivity contribution in [2.24, 2.45) is 0 Å². The first-order valence-electron chi connectivity index (χ1n) is 2.89. The predicted molar refractivity (Wildman–Crippen MR) is 39.4 cm³/mol. The summed E-state index contributed by atoms with van der Waals surface area (Å²) in [5, 5.41) is 0. The minimum atomic E-state index is 0.555. The molecule has 0 saturated carbocycles. The summed E-state index contributed by atoms with van der Waals surface area (Å²) in [4.78, 5) is 2.38. The van der Waals surface area contributed by atoms with Crippen LogP contribution >= 0.6 is 11.8 Å². The van der Waals surface area contributed by atoms with Gasteiger partial charge in [0.05, 0.1) is 0 Å². The molecular weight excluding hydrogens is 118 g/mol. The maximum Gasteiger partial charge on any atom is 0.0396 e. The van der Waals surface area contributed by atoms with Gasteiger partial charge in [-0.3, -0.25) is 4.90 Å². The third-order valence-electron chi connectivity index (χ3n) is 1.85. The first kappa shape index (κ1) is 6.43. The lowest BCUT2D eigenvalue weighted by atomic mass is 10.2. The van der Waals surface area contributed by atoms with Crippen LogP contribution in [0.15, 0.2) is 0 Å². The Morgan fingerprint density at radius 1 is 1.75 bits per heavy atom. The molecule has 0 bridgehead atoms. The third-order valence-corrected chi connectivity index (χ3v) is 2.76. The molecule has 1 saturated heterocycles. The molecular formula is C6H13NS. The van der Waals surface area contributed by atoms with Crippen molar-refractivity contribution < 1.29 is 0 Å². The standard InChI is InChI=1S/C6H13NS/c1-6(5-8-3)4-7(6)2/h4-5H2,1-3H3. The topological polar surface area (TPSA) is 3.01 Å². The van der Waals surface area contributed by atoms with E-state index in [9.17, 15) is 0 Å². The Bertz CT molecular complexity index is 94.5. The van der Waals surface area contributed by atoms with Crippen molar-refractivity contribution in [2.75, 3.05) is 25.6 Å². The Morgan fingerprint density at radius 2 is 2.25 bits per heavy atom. The summed E-state index contributed by atoms with van der Waals surface area (Å²) in [5.41, 5.74) is 0.555. The van der Waals surface area contributed by atoms with Crippen LogP contribution in [0.3, 0.4) is 0 Å². The average Bonchev–Trinajstić information content (AvgIpc) is 2.16. The molecule has 0 aromatic heterocycles. The average molecular weight is 131 g/mol. The van der Waals surface area contributed by atoms with Crippen molar-refractivity contribution in [2.45, 2.75) is 12.5 Å². The van der Waals surface area contributed by atoms with Crippen molar-refractivity contribution in [3.05, 3.63) is 0 Å². The summed E-state index contributed by atoms with van der Waals surface area (Å²) in [7, 11) is 2.18. The van der Waals surface area contributed by atoms with Crippen molar-refractivity contribution >= 4 is 11.8 Å². The second-order valence-electron chi connectivity index (χ2n) is 2.79. The van der Waals surface area contributed by atoms with Gasteiger partial charge in [0.15, 0.2) is 0 Å². The quantitative estimate of drug-likeness (QED) is 0.515. The number of hydrogen-bond donors (Lipinski definition) is 0. The van der Waals surface area contributed by atoms with E-state index in [1.165, 1.54) is 12.3 Å². The monoisotopic (exact) mass is 131 g/mol. The summed E-state index contributed by atoms with van der Waals surface area (Å²) in [6, 6.07) is 0. The van der Waals surface area contributed by atoms with Gasteiger partial charge >= 0.3 is 0 Å². The van der Waals surface area contributed by atoms with E-state index >= 15 is 0 Å². The van der Waals surface area contributed by atoms with Crippen LogP contribution in [0.5, 0.6) is 0 Å². The lowest BCUT2D eigenvalue weighted by molar-refractivity contribution is 0.537. The molecule has 1 aliphatic rings. The molecule has 1 fully saturated rings. The number of hydrogen-bond acceptors (Lipinski definition) is 2. The highest BCUT2D eigenvalue weighted by Gasteiger charge is 2.43. The highest BCUT2D eigenvalue weighted by atomic mass is 32.2. The molecule has 0 amide bonds. The van der Waals surface area contributed by atoms with Gasteiger partial charge in [-0.15, -0.1) is 0 Å². The van der Waals surface area contributed by atoms with Crippen LogP contribution in [0.2, 0.25) is 0 Å². The van der Waals surface area contributed by atoms with Gasteiger partial charge in [0.25, 0.3) is 0 Å². The van der Waals surface area contributed by atoms with E-state index in [1.807, 2.05) is 11.8 Å². The van der Waals surface area contributed by atoms with Crippen LogP contribution in [-0.2, 0) is 0 Å². The Kier molecular flexibility index (Phi) is 1.54. The Morgan fingerprint density at radius 3 is 2.38 bits per heavy atom. The molecule has 0 aliphatic carbocycles. The molecule has 1 rings (SSSR count). The zero-order valence-electron chi connectivity index (χ0n) is 5.77. The molecule has 0 aromatic carbocycles. The molecule has 0 N–H and O–H groups in total. The Balaban J connectivity index is 2.25. The molecule has 0 spiro atoms. The second-order valence-corrected chi connectivity index (χ2v) is 3.65. The number of rotatable bonds is 2. The number of nitrogens with zero attached hydrogens (tertiary/aromatic N) is 1. The van der Waals surface area contributed by atoms with Gasteiger partial charge in [-0.1, -0.05) is 0 Å². The predicted octanol–water partition coefficient (Wildman–Crippen LogP) is 1.05. The first-order valence-corrected chi connectivity index (χ1v) is 4.28. The van der Waals surface area contributed by atoms with Gasteiger partial charge in [0, 0.05) is 17.8 Å². The molecule has 0 radical (unpaired) electrons. The first-order chi connectivity index (χ1) is 3.69. The molecule has 48 valence electrons. The second kappa shape index (κ2) is 1.92. The molecule has 2 unspecified atom stereocenters. The zero-order chi connectivity index (χ0) is 6.20. The van der Waals surface area contributed by atoms with Crippen LogP contribution < -0.4 is 0 Å². The summed E-state index contributed by atoms with van der Waals surface area (Å²) < 4.78 is 0. The van der Waals surface area contributed by atoms with Gasteiger partial charge in [-0.05, 0) is 20.2 Å². The lowest BCUT2D eigenvalue weighted by Crippen LogP contribution is -2.13. The van der Waals surface area contributed by atoms with Crippen LogP contribution in [0.1, 0.15) is 6.92 Å². The van der Waals surface area contributed by atoms with Crippen LogP contribution in [0, 0.1) is 0 Å². The van der Waals surface area contributed by atoms with Gasteiger partial charge < -0.3 is 0 Å². The number of thioether (sulfide) groups is 1. The zero-order valence-corrected chi connectivity index (χ0v) is 6.59. The SMILES string of the molecule is CSCC1(C)CN1C. The van der Waals surface area contributed by atoms with E-state index in [1.54, 1.807) is 0 Å².